The molecular weight excluding hydrogens is 390 g/mol. The number of aromatic nitrogens is 3. The Morgan fingerprint density at radius 2 is 1.90 bits per heavy atom. The molecule has 1 aromatic carbocycles. The van der Waals surface area contributed by atoms with E-state index in [0.29, 0.717) is 25.1 Å². The average Bonchev–Trinajstić information content (AvgIpc) is 3.30. The number of carbonyl (C=O) groups excluding carboxylic acids is 2. The van der Waals surface area contributed by atoms with Gasteiger partial charge in [-0.2, -0.15) is 0 Å². The fraction of sp³-hybridized carbons (Fsp3) is 0.333. The number of nitrogens with zero attached hydrogens (tertiary/aromatic N) is 4. The predicted molar refractivity (Wildman–Crippen MR) is 116 cm³/mol. The van der Waals surface area contributed by atoms with Gasteiger partial charge in [0.15, 0.2) is 0 Å². The molecule has 7 heteroatoms. The van der Waals surface area contributed by atoms with Crippen LogP contribution in [0, 0.1) is 0 Å². The summed E-state index contributed by atoms with van der Waals surface area (Å²) in [5.41, 5.74) is 3.29. The zero-order chi connectivity index (χ0) is 21.4. The van der Waals surface area contributed by atoms with E-state index >= 15 is 0 Å². The summed E-state index contributed by atoms with van der Waals surface area (Å²) < 4.78 is 2.16. The molecule has 1 fully saturated rings. The third kappa shape index (κ3) is 3.50. The van der Waals surface area contributed by atoms with Crippen LogP contribution in [0.25, 0.3) is 11.4 Å². The van der Waals surface area contributed by atoms with Crippen LogP contribution in [0.1, 0.15) is 34.6 Å². The fourth-order valence-corrected chi connectivity index (χ4v) is 4.95. The summed E-state index contributed by atoms with van der Waals surface area (Å²) in [6.07, 6.45) is 6.37. The van der Waals surface area contributed by atoms with E-state index in [9.17, 15) is 9.59 Å². The van der Waals surface area contributed by atoms with Gasteiger partial charge in [-0.1, -0.05) is 36.4 Å². The Balaban J connectivity index is 1.52. The molecule has 1 N–H and O–H groups in total. The molecule has 0 spiro atoms. The predicted octanol–water partition coefficient (Wildman–Crippen LogP) is 2.46. The molecular formula is C24H25N5O2. The lowest BCUT2D eigenvalue weighted by Crippen LogP contribution is -2.43. The summed E-state index contributed by atoms with van der Waals surface area (Å²) >= 11 is 0. The van der Waals surface area contributed by atoms with Crippen LogP contribution < -0.4 is 5.32 Å². The van der Waals surface area contributed by atoms with E-state index in [2.05, 4.69) is 19.8 Å². The summed E-state index contributed by atoms with van der Waals surface area (Å²) in [6, 6.07) is 13.9. The van der Waals surface area contributed by atoms with Gasteiger partial charge in [0, 0.05) is 44.0 Å². The van der Waals surface area contributed by atoms with Gasteiger partial charge in [-0.15, -0.1) is 0 Å². The Morgan fingerprint density at radius 1 is 1.10 bits per heavy atom. The molecule has 0 radical (unpaired) electrons. The number of hydrogen-bond donors (Lipinski definition) is 1. The van der Waals surface area contributed by atoms with E-state index in [0.717, 1.165) is 35.5 Å². The summed E-state index contributed by atoms with van der Waals surface area (Å²) in [7, 11) is 1.63. The Kier molecular flexibility index (Phi) is 5.02. The lowest BCUT2D eigenvalue weighted by molar-refractivity contribution is -0.133. The molecule has 2 amide bonds. The SMILES string of the molecule is CNC(=O)c1nc(-c2ccccc2)n2c1C[C@@H]1CC[C@H](C2)N1C(=O)Cc1cccnc1. The van der Waals surface area contributed by atoms with Crippen molar-refractivity contribution in [2.24, 2.45) is 0 Å². The molecule has 31 heavy (non-hydrogen) atoms. The summed E-state index contributed by atoms with van der Waals surface area (Å²) in [4.78, 5) is 36.9. The van der Waals surface area contributed by atoms with Gasteiger partial charge < -0.3 is 14.8 Å². The molecule has 0 saturated carbocycles. The van der Waals surface area contributed by atoms with Crippen molar-refractivity contribution in [3.8, 4) is 11.4 Å². The first-order valence-electron chi connectivity index (χ1n) is 10.7. The standard InChI is InChI=1S/C24H25N5O2/c1-25-24(31)22-20-13-18-9-10-19(29(18)21(30)12-16-6-5-11-26-14-16)15-28(20)23(27-22)17-7-3-2-4-8-17/h2-8,11,14,18-19H,9-10,12-13,15H2,1H3,(H,25,31)/t18-,19+/m0/s1. The van der Waals surface area contributed by atoms with Crippen LogP contribution in [-0.2, 0) is 24.2 Å². The Bertz CT molecular complexity index is 1110. The van der Waals surface area contributed by atoms with Gasteiger partial charge in [0.2, 0.25) is 5.91 Å². The number of benzene rings is 1. The van der Waals surface area contributed by atoms with E-state index in [1.54, 1.807) is 19.4 Å². The van der Waals surface area contributed by atoms with Crippen LogP contribution in [0.4, 0.5) is 0 Å². The maximum absolute atomic E-state index is 13.3. The van der Waals surface area contributed by atoms with Crippen LogP contribution in [0.5, 0.6) is 0 Å². The van der Waals surface area contributed by atoms with Crippen molar-refractivity contribution < 1.29 is 9.59 Å². The van der Waals surface area contributed by atoms with Gasteiger partial charge in [-0.3, -0.25) is 14.6 Å². The van der Waals surface area contributed by atoms with E-state index in [1.807, 2.05) is 42.5 Å². The maximum Gasteiger partial charge on any atom is 0.271 e. The minimum atomic E-state index is -0.183. The molecule has 3 aromatic rings. The van der Waals surface area contributed by atoms with E-state index in [4.69, 9.17) is 4.98 Å². The first-order chi connectivity index (χ1) is 15.2. The Hall–Kier alpha value is -3.48. The van der Waals surface area contributed by atoms with Crippen LogP contribution in [0.3, 0.4) is 0 Å². The minimum absolute atomic E-state index is 0.0825. The molecule has 5 rings (SSSR count). The normalized spacial score (nSPS) is 19.6. The Morgan fingerprint density at radius 3 is 2.65 bits per heavy atom. The molecule has 2 atom stereocenters. The summed E-state index contributed by atoms with van der Waals surface area (Å²) in [5, 5.41) is 2.73. The van der Waals surface area contributed by atoms with Gasteiger partial charge in [-0.05, 0) is 24.5 Å². The monoisotopic (exact) mass is 415 g/mol. The highest BCUT2D eigenvalue weighted by Crippen LogP contribution is 2.36. The van der Waals surface area contributed by atoms with Crippen LogP contribution in [0.15, 0.2) is 54.9 Å². The second-order valence-corrected chi connectivity index (χ2v) is 8.21. The quantitative estimate of drug-likeness (QED) is 0.710. The Labute approximate surface area is 181 Å². The topological polar surface area (TPSA) is 80.1 Å². The van der Waals surface area contributed by atoms with Crippen molar-refractivity contribution in [2.75, 3.05) is 7.05 Å². The number of fused-ring (bicyclic) bond motifs is 3. The highest BCUT2D eigenvalue weighted by atomic mass is 16.2. The molecule has 1 saturated heterocycles. The van der Waals surface area contributed by atoms with Crippen LogP contribution in [0.2, 0.25) is 0 Å². The molecule has 2 bridgehead atoms. The lowest BCUT2D eigenvalue weighted by Gasteiger charge is -2.28. The number of carbonyl (C=O) groups is 2. The van der Waals surface area contributed by atoms with Gasteiger partial charge in [0.1, 0.15) is 11.5 Å². The van der Waals surface area contributed by atoms with E-state index < -0.39 is 0 Å². The highest BCUT2D eigenvalue weighted by molar-refractivity contribution is 5.94. The van der Waals surface area contributed by atoms with E-state index in [-0.39, 0.29) is 23.9 Å². The molecule has 0 unspecified atom stereocenters. The fourth-order valence-electron chi connectivity index (χ4n) is 4.95. The largest absolute Gasteiger partial charge is 0.354 e. The molecule has 7 nitrogen and oxygen atoms in total. The van der Waals surface area contributed by atoms with Crippen molar-refractivity contribution in [2.45, 2.75) is 44.3 Å². The first kappa shape index (κ1) is 19.5. The van der Waals surface area contributed by atoms with E-state index in [1.165, 1.54) is 0 Å². The number of hydrogen-bond acceptors (Lipinski definition) is 4. The van der Waals surface area contributed by atoms with Crippen molar-refractivity contribution in [3.05, 3.63) is 71.8 Å². The number of nitrogens with one attached hydrogen (secondary N) is 1. The second kappa shape index (κ2) is 7.98. The molecule has 2 aromatic heterocycles. The van der Waals surface area contributed by atoms with Crippen molar-refractivity contribution in [1.29, 1.82) is 0 Å². The van der Waals surface area contributed by atoms with Crippen LogP contribution in [-0.4, -0.2) is 50.4 Å². The van der Waals surface area contributed by atoms with Crippen molar-refractivity contribution in [1.82, 2.24) is 24.8 Å². The number of imidazole rings is 1. The maximum atomic E-state index is 13.3. The van der Waals surface area contributed by atoms with Gasteiger partial charge in [0.25, 0.3) is 5.91 Å². The van der Waals surface area contributed by atoms with Crippen LogP contribution >= 0.6 is 0 Å². The third-order valence-corrected chi connectivity index (χ3v) is 6.35. The van der Waals surface area contributed by atoms with Gasteiger partial charge in [-0.25, -0.2) is 4.98 Å². The zero-order valence-corrected chi connectivity index (χ0v) is 17.5. The second-order valence-electron chi connectivity index (χ2n) is 8.21. The highest BCUT2D eigenvalue weighted by Gasteiger charge is 2.42. The molecule has 2 aliphatic rings. The molecule has 4 heterocycles. The molecule has 0 aliphatic carbocycles. The van der Waals surface area contributed by atoms with Gasteiger partial charge in [0.05, 0.1) is 18.2 Å². The third-order valence-electron chi connectivity index (χ3n) is 6.35. The van der Waals surface area contributed by atoms with Crippen molar-refractivity contribution in [3.63, 3.8) is 0 Å². The smallest absolute Gasteiger partial charge is 0.271 e. The number of rotatable bonds is 4. The summed E-state index contributed by atoms with van der Waals surface area (Å²) in [5.74, 6) is 0.736. The van der Waals surface area contributed by atoms with Gasteiger partial charge >= 0.3 is 0 Å². The number of pyridine rings is 1. The minimum Gasteiger partial charge on any atom is -0.354 e. The molecule has 158 valence electrons. The molecule has 2 aliphatic heterocycles. The summed E-state index contributed by atoms with van der Waals surface area (Å²) in [6.45, 7) is 0.652. The average molecular weight is 415 g/mol. The van der Waals surface area contributed by atoms with Crippen molar-refractivity contribution >= 4 is 11.8 Å². The number of amides is 2. The lowest BCUT2D eigenvalue weighted by atomic mass is 10.0. The zero-order valence-electron chi connectivity index (χ0n) is 17.5. The first-order valence-corrected chi connectivity index (χ1v) is 10.7.